The number of aliphatic hydroxyl groups excluding tert-OH is 1. The van der Waals surface area contributed by atoms with Crippen molar-refractivity contribution in [2.45, 2.75) is 19.1 Å². The van der Waals surface area contributed by atoms with Gasteiger partial charge in [-0.1, -0.05) is 17.7 Å². The Hall–Kier alpha value is -0.770. The van der Waals surface area contributed by atoms with Gasteiger partial charge in [-0.15, -0.1) is 0 Å². The summed E-state index contributed by atoms with van der Waals surface area (Å²) in [5, 5.41) is 13.8. The minimum Gasteiger partial charge on any atom is -0.390 e. The van der Waals surface area contributed by atoms with E-state index in [2.05, 4.69) is 17.1 Å². The molecule has 1 aliphatic rings. The van der Waals surface area contributed by atoms with E-state index in [0.717, 1.165) is 17.3 Å². The zero-order valence-corrected chi connectivity index (χ0v) is 10.1. The van der Waals surface area contributed by atoms with Crippen LogP contribution in [0.2, 0.25) is 5.02 Å². The first-order chi connectivity index (χ1) is 7.65. The second-order valence-electron chi connectivity index (χ2n) is 4.35. The Labute approximate surface area is 101 Å². The Balaban J connectivity index is 2.18. The van der Waals surface area contributed by atoms with Crippen molar-refractivity contribution in [2.24, 2.45) is 0 Å². The van der Waals surface area contributed by atoms with E-state index in [0.29, 0.717) is 19.1 Å². The number of benzene rings is 1. The van der Waals surface area contributed by atoms with Crippen molar-refractivity contribution >= 4 is 17.3 Å². The Morgan fingerprint density at radius 2 is 2.25 bits per heavy atom. The Bertz CT molecular complexity index is 347. The van der Waals surface area contributed by atoms with Crippen molar-refractivity contribution in [2.75, 3.05) is 24.5 Å². The molecule has 0 aromatic heterocycles. The summed E-state index contributed by atoms with van der Waals surface area (Å²) < 4.78 is 0. The summed E-state index contributed by atoms with van der Waals surface area (Å²) in [5.41, 5.74) is 1.07. The van der Waals surface area contributed by atoms with E-state index in [4.69, 9.17) is 11.6 Å². The van der Waals surface area contributed by atoms with Crippen molar-refractivity contribution < 1.29 is 5.11 Å². The Kier molecular flexibility index (Phi) is 3.69. The van der Waals surface area contributed by atoms with E-state index in [1.54, 1.807) is 0 Å². The number of anilines is 1. The molecule has 2 atom stereocenters. The van der Waals surface area contributed by atoms with E-state index >= 15 is 0 Å². The van der Waals surface area contributed by atoms with Crippen LogP contribution < -0.4 is 10.2 Å². The first-order valence-corrected chi connectivity index (χ1v) is 5.95. The maximum absolute atomic E-state index is 9.77. The first-order valence-electron chi connectivity index (χ1n) is 5.57. The maximum Gasteiger partial charge on any atom is 0.0839 e. The average Bonchev–Trinajstić information content (AvgIpc) is 2.41. The molecule has 2 unspecified atom stereocenters. The predicted molar refractivity (Wildman–Crippen MR) is 67.1 cm³/mol. The summed E-state index contributed by atoms with van der Waals surface area (Å²) in [6.45, 7) is 4.31. The van der Waals surface area contributed by atoms with E-state index in [-0.39, 0.29) is 6.10 Å². The molecule has 3 nitrogen and oxygen atoms in total. The quantitative estimate of drug-likeness (QED) is 0.781. The minimum absolute atomic E-state index is 0.330. The van der Waals surface area contributed by atoms with Crippen molar-refractivity contribution in [3.05, 3.63) is 29.3 Å². The molecule has 1 fully saturated rings. The molecule has 1 saturated heterocycles. The third-order valence-corrected chi connectivity index (χ3v) is 3.04. The van der Waals surface area contributed by atoms with Crippen molar-refractivity contribution in [3.8, 4) is 0 Å². The summed E-state index contributed by atoms with van der Waals surface area (Å²) in [7, 11) is 0. The van der Waals surface area contributed by atoms with Gasteiger partial charge in [-0.3, -0.25) is 0 Å². The molecule has 0 radical (unpaired) electrons. The molecule has 0 spiro atoms. The lowest BCUT2D eigenvalue weighted by atomic mass is 10.2. The molecule has 4 heteroatoms. The van der Waals surface area contributed by atoms with Crippen LogP contribution in [0.4, 0.5) is 5.69 Å². The lowest BCUT2D eigenvalue weighted by molar-refractivity contribution is 0.183. The van der Waals surface area contributed by atoms with Gasteiger partial charge in [0, 0.05) is 36.4 Å². The fraction of sp³-hybridized carbons (Fsp3) is 0.500. The van der Waals surface area contributed by atoms with Crippen LogP contribution in [0.1, 0.15) is 6.92 Å². The third-order valence-electron chi connectivity index (χ3n) is 2.80. The van der Waals surface area contributed by atoms with Gasteiger partial charge >= 0.3 is 0 Å². The number of hydrogen-bond acceptors (Lipinski definition) is 3. The molecule has 1 aliphatic heterocycles. The van der Waals surface area contributed by atoms with Gasteiger partial charge in [-0.2, -0.15) is 0 Å². The van der Waals surface area contributed by atoms with Gasteiger partial charge in [0.05, 0.1) is 6.10 Å². The molecule has 16 heavy (non-hydrogen) atoms. The molecule has 0 saturated carbocycles. The summed E-state index contributed by atoms with van der Waals surface area (Å²) in [4.78, 5) is 2.17. The van der Waals surface area contributed by atoms with Gasteiger partial charge in [0.15, 0.2) is 0 Å². The van der Waals surface area contributed by atoms with Crippen LogP contribution in [0.15, 0.2) is 24.3 Å². The second-order valence-corrected chi connectivity index (χ2v) is 4.78. The molecular weight excluding hydrogens is 224 g/mol. The number of aliphatic hydroxyl groups is 1. The number of nitrogens with zero attached hydrogens (tertiary/aromatic N) is 1. The fourth-order valence-electron chi connectivity index (χ4n) is 2.01. The van der Waals surface area contributed by atoms with Gasteiger partial charge in [0.25, 0.3) is 0 Å². The lowest BCUT2D eigenvalue weighted by Crippen LogP contribution is -2.35. The number of β-amino-alcohol motifs (C(OH)–C–C–N with tert-alkyl or cyclic N) is 1. The molecule has 1 aromatic rings. The molecule has 2 N–H and O–H groups in total. The van der Waals surface area contributed by atoms with Gasteiger partial charge in [0.1, 0.15) is 0 Å². The molecular formula is C12H17ClN2O. The summed E-state index contributed by atoms with van der Waals surface area (Å²) >= 11 is 5.97. The van der Waals surface area contributed by atoms with E-state index in [1.165, 1.54) is 0 Å². The molecule has 1 aromatic carbocycles. The van der Waals surface area contributed by atoms with Gasteiger partial charge in [0.2, 0.25) is 0 Å². The van der Waals surface area contributed by atoms with Crippen LogP contribution in [0.3, 0.4) is 0 Å². The van der Waals surface area contributed by atoms with E-state index < -0.39 is 0 Å². The normalized spacial score (nSPS) is 26.6. The van der Waals surface area contributed by atoms with Crippen LogP contribution in [-0.4, -0.2) is 36.9 Å². The van der Waals surface area contributed by atoms with Crippen LogP contribution in [0.25, 0.3) is 0 Å². The van der Waals surface area contributed by atoms with Crippen molar-refractivity contribution in [1.82, 2.24) is 5.32 Å². The lowest BCUT2D eigenvalue weighted by Gasteiger charge is -2.25. The highest BCUT2D eigenvalue weighted by Gasteiger charge is 2.19. The number of rotatable bonds is 1. The highest BCUT2D eigenvalue weighted by molar-refractivity contribution is 6.30. The Morgan fingerprint density at radius 3 is 3.00 bits per heavy atom. The summed E-state index contributed by atoms with van der Waals surface area (Å²) in [6, 6.07) is 8.13. The van der Waals surface area contributed by atoms with E-state index in [1.807, 2.05) is 24.3 Å². The van der Waals surface area contributed by atoms with Crippen molar-refractivity contribution in [1.29, 1.82) is 0 Å². The molecule has 0 bridgehead atoms. The zero-order valence-electron chi connectivity index (χ0n) is 9.36. The SMILES string of the molecule is CC1CN(c2cccc(Cl)c2)CC(O)CN1. The minimum atomic E-state index is -0.330. The van der Waals surface area contributed by atoms with Crippen LogP contribution in [0, 0.1) is 0 Å². The Morgan fingerprint density at radius 1 is 1.44 bits per heavy atom. The smallest absolute Gasteiger partial charge is 0.0839 e. The number of hydrogen-bond donors (Lipinski definition) is 2. The van der Waals surface area contributed by atoms with Gasteiger partial charge < -0.3 is 15.3 Å². The largest absolute Gasteiger partial charge is 0.390 e. The highest BCUT2D eigenvalue weighted by atomic mass is 35.5. The van der Waals surface area contributed by atoms with Crippen LogP contribution >= 0.6 is 11.6 Å². The van der Waals surface area contributed by atoms with Crippen molar-refractivity contribution in [3.63, 3.8) is 0 Å². The standard InChI is InChI=1S/C12H17ClN2O/c1-9-7-15(8-12(16)6-14-9)11-4-2-3-10(13)5-11/h2-5,9,12,14,16H,6-8H2,1H3. The van der Waals surface area contributed by atoms with Gasteiger partial charge in [-0.25, -0.2) is 0 Å². The third kappa shape index (κ3) is 2.88. The first kappa shape index (κ1) is 11.7. The number of nitrogens with one attached hydrogen (secondary N) is 1. The monoisotopic (exact) mass is 240 g/mol. The van der Waals surface area contributed by atoms with Crippen LogP contribution in [0.5, 0.6) is 0 Å². The highest BCUT2D eigenvalue weighted by Crippen LogP contribution is 2.20. The van der Waals surface area contributed by atoms with Crippen LogP contribution in [-0.2, 0) is 0 Å². The molecule has 0 amide bonds. The maximum atomic E-state index is 9.77. The average molecular weight is 241 g/mol. The number of halogens is 1. The molecule has 88 valence electrons. The molecule has 1 heterocycles. The zero-order chi connectivity index (χ0) is 11.5. The van der Waals surface area contributed by atoms with Gasteiger partial charge in [-0.05, 0) is 25.1 Å². The fourth-order valence-corrected chi connectivity index (χ4v) is 2.19. The summed E-state index contributed by atoms with van der Waals surface area (Å²) in [5.74, 6) is 0. The summed E-state index contributed by atoms with van der Waals surface area (Å²) in [6.07, 6.45) is -0.330. The second kappa shape index (κ2) is 5.04. The topological polar surface area (TPSA) is 35.5 Å². The van der Waals surface area contributed by atoms with E-state index in [9.17, 15) is 5.11 Å². The molecule has 0 aliphatic carbocycles. The predicted octanol–water partition coefficient (Wildman–Crippen LogP) is 1.50. The molecule has 2 rings (SSSR count).